The Morgan fingerprint density at radius 2 is 1.92 bits per heavy atom. The average Bonchev–Trinajstić information content (AvgIpc) is 2.59. The molecule has 2 rings (SSSR count). The Morgan fingerprint density at radius 1 is 1.12 bits per heavy atom. The normalized spacial score (nSPS) is 9.96. The Kier molecular flexibility index (Phi) is 5.88. The number of anilines is 3. The van der Waals surface area contributed by atoms with E-state index in [0.717, 1.165) is 16.9 Å². The van der Waals surface area contributed by atoms with Crippen LogP contribution in [0.3, 0.4) is 0 Å². The van der Waals surface area contributed by atoms with Gasteiger partial charge in [-0.25, -0.2) is 0 Å². The summed E-state index contributed by atoms with van der Waals surface area (Å²) in [6.45, 7) is 2.32. The molecule has 0 atom stereocenters. The number of hydrogen-bond donors (Lipinski definition) is 3. The summed E-state index contributed by atoms with van der Waals surface area (Å²) in [4.78, 5) is 0. The highest BCUT2D eigenvalue weighted by Gasteiger charge is 2.10. The van der Waals surface area contributed by atoms with E-state index in [-0.39, 0.29) is 6.61 Å². The van der Waals surface area contributed by atoms with Crippen molar-refractivity contribution in [3.63, 3.8) is 0 Å². The van der Waals surface area contributed by atoms with E-state index in [0.29, 0.717) is 29.3 Å². The Bertz CT molecular complexity index is 754. The molecule has 2 aromatic carbocycles. The van der Waals surface area contributed by atoms with Gasteiger partial charge in [0.05, 0.1) is 32.1 Å². The molecule has 0 bridgehead atoms. The molecule has 0 aliphatic heterocycles. The fraction of sp³-hybridized carbons (Fsp3) is 0.278. The van der Waals surface area contributed by atoms with Gasteiger partial charge in [-0.15, -0.1) is 0 Å². The monoisotopic (exact) mass is 327 g/mol. The predicted molar refractivity (Wildman–Crippen MR) is 94.3 cm³/mol. The molecule has 6 heteroatoms. The summed E-state index contributed by atoms with van der Waals surface area (Å²) in [6.07, 6.45) is 0. The zero-order valence-corrected chi connectivity index (χ0v) is 14.0. The van der Waals surface area contributed by atoms with Crippen LogP contribution in [-0.2, 0) is 0 Å². The highest BCUT2D eigenvalue weighted by Crippen LogP contribution is 2.35. The summed E-state index contributed by atoms with van der Waals surface area (Å²) in [7, 11) is 3.21. The number of aliphatic hydroxyl groups is 1. The molecule has 0 saturated carbocycles. The lowest BCUT2D eigenvalue weighted by molar-refractivity contribution is 0.311. The number of nitrogens with one attached hydrogen (secondary N) is 2. The van der Waals surface area contributed by atoms with Crippen molar-refractivity contribution in [2.24, 2.45) is 0 Å². The van der Waals surface area contributed by atoms with Gasteiger partial charge in [-0.2, -0.15) is 5.26 Å². The van der Waals surface area contributed by atoms with Crippen LogP contribution in [0.15, 0.2) is 30.3 Å². The Balaban J connectivity index is 2.31. The van der Waals surface area contributed by atoms with E-state index in [9.17, 15) is 0 Å². The van der Waals surface area contributed by atoms with Gasteiger partial charge in [-0.1, -0.05) is 0 Å². The second-order valence-corrected chi connectivity index (χ2v) is 5.18. The number of aliphatic hydroxyl groups excluding tert-OH is 1. The number of rotatable bonds is 7. The van der Waals surface area contributed by atoms with Crippen LogP contribution in [0.2, 0.25) is 0 Å². The lowest BCUT2D eigenvalue weighted by atomic mass is 10.1. The molecule has 24 heavy (non-hydrogen) atoms. The lowest BCUT2D eigenvalue weighted by Gasteiger charge is -2.15. The van der Waals surface area contributed by atoms with Crippen molar-refractivity contribution in [1.29, 1.82) is 5.26 Å². The van der Waals surface area contributed by atoms with Crippen LogP contribution in [0.1, 0.15) is 11.1 Å². The van der Waals surface area contributed by atoms with Crippen molar-refractivity contribution < 1.29 is 14.6 Å². The van der Waals surface area contributed by atoms with E-state index in [2.05, 4.69) is 16.7 Å². The molecular formula is C18H21N3O3. The van der Waals surface area contributed by atoms with E-state index in [1.165, 1.54) is 0 Å². The fourth-order valence-electron chi connectivity index (χ4n) is 2.45. The molecule has 3 N–H and O–H groups in total. The minimum atomic E-state index is -0.00258. The largest absolute Gasteiger partial charge is 0.493 e. The van der Waals surface area contributed by atoms with Crippen LogP contribution >= 0.6 is 0 Å². The van der Waals surface area contributed by atoms with Crippen LogP contribution < -0.4 is 20.1 Å². The highest BCUT2D eigenvalue weighted by atomic mass is 16.5. The number of nitriles is 1. The molecular weight excluding hydrogens is 306 g/mol. The summed E-state index contributed by atoms with van der Waals surface area (Å²) >= 11 is 0. The first-order valence-electron chi connectivity index (χ1n) is 7.51. The Morgan fingerprint density at radius 3 is 2.54 bits per heavy atom. The second kappa shape index (κ2) is 8.09. The molecule has 0 unspecified atom stereocenters. The standard InChI is InChI=1S/C18H21N3O3/c1-12-8-15(10-17(23-2)18(12)24-3)21-14-5-4-13(11-19)16(9-14)20-6-7-22/h4-5,8-10,20-22H,6-7H2,1-3H3. The number of methoxy groups -OCH3 is 2. The van der Waals surface area contributed by atoms with Crippen LogP contribution in [0.5, 0.6) is 11.5 Å². The molecule has 6 nitrogen and oxygen atoms in total. The van der Waals surface area contributed by atoms with Crippen LogP contribution in [0.25, 0.3) is 0 Å². The van der Waals surface area contributed by atoms with E-state index < -0.39 is 0 Å². The molecule has 0 heterocycles. The maximum absolute atomic E-state index is 9.16. The third kappa shape index (κ3) is 3.89. The van der Waals surface area contributed by atoms with Gasteiger partial charge < -0.3 is 25.2 Å². The van der Waals surface area contributed by atoms with Crippen molar-refractivity contribution in [2.75, 3.05) is 38.0 Å². The minimum absolute atomic E-state index is 0.00258. The molecule has 0 fully saturated rings. The summed E-state index contributed by atoms with van der Waals surface area (Å²) in [5.74, 6) is 1.35. The van der Waals surface area contributed by atoms with E-state index >= 15 is 0 Å². The van der Waals surface area contributed by atoms with Crippen molar-refractivity contribution in [1.82, 2.24) is 0 Å². The van der Waals surface area contributed by atoms with Gasteiger partial charge in [0.25, 0.3) is 0 Å². The molecule has 0 saturated heterocycles. The zero-order valence-electron chi connectivity index (χ0n) is 14.0. The summed E-state index contributed by atoms with van der Waals surface area (Å²) < 4.78 is 10.7. The van der Waals surface area contributed by atoms with Gasteiger partial charge in [0.2, 0.25) is 0 Å². The number of aryl methyl sites for hydroxylation is 1. The average molecular weight is 327 g/mol. The molecule has 0 aliphatic carbocycles. The van der Waals surface area contributed by atoms with E-state index in [1.54, 1.807) is 20.3 Å². The fourth-order valence-corrected chi connectivity index (χ4v) is 2.45. The number of benzene rings is 2. The number of hydrogen-bond acceptors (Lipinski definition) is 6. The first kappa shape index (κ1) is 17.4. The summed E-state index contributed by atoms with van der Waals surface area (Å²) in [5, 5.41) is 24.4. The van der Waals surface area contributed by atoms with Gasteiger partial charge in [-0.05, 0) is 36.8 Å². The molecule has 2 aromatic rings. The Labute approximate surface area is 141 Å². The van der Waals surface area contributed by atoms with Gasteiger partial charge in [0.1, 0.15) is 6.07 Å². The zero-order chi connectivity index (χ0) is 17.5. The minimum Gasteiger partial charge on any atom is -0.493 e. The molecule has 0 aromatic heterocycles. The first-order valence-corrected chi connectivity index (χ1v) is 7.51. The maximum atomic E-state index is 9.16. The third-order valence-corrected chi connectivity index (χ3v) is 3.52. The number of nitrogens with zero attached hydrogens (tertiary/aromatic N) is 1. The van der Waals surface area contributed by atoms with Gasteiger partial charge >= 0.3 is 0 Å². The Hall–Kier alpha value is -2.91. The van der Waals surface area contributed by atoms with Crippen molar-refractivity contribution in [3.8, 4) is 17.6 Å². The van der Waals surface area contributed by atoms with Crippen LogP contribution in [0.4, 0.5) is 17.1 Å². The predicted octanol–water partition coefficient (Wildman–Crippen LogP) is 3.03. The summed E-state index contributed by atoms with van der Waals surface area (Å²) in [5.41, 5.74) is 3.82. The maximum Gasteiger partial charge on any atom is 0.163 e. The van der Waals surface area contributed by atoms with Gasteiger partial charge in [0.15, 0.2) is 11.5 Å². The summed E-state index contributed by atoms with van der Waals surface area (Å²) in [6, 6.07) is 11.3. The molecule has 0 radical (unpaired) electrons. The van der Waals surface area contributed by atoms with E-state index in [1.807, 2.05) is 31.2 Å². The van der Waals surface area contributed by atoms with Gasteiger partial charge in [-0.3, -0.25) is 0 Å². The van der Waals surface area contributed by atoms with Crippen molar-refractivity contribution >= 4 is 17.1 Å². The van der Waals surface area contributed by atoms with E-state index in [4.69, 9.17) is 19.8 Å². The van der Waals surface area contributed by atoms with Gasteiger partial charge in [0, 0.05) is 24.0 Å². The SMILES string of the molecule is COc1cc(Nc2ccc(C#N)c(NCCO)c2)cc(C)c1OC. The van der Waals surface area contributed by atoms with Crippen LogP contribution in [0, 0.1) is 18.3 Å². The van der Waals surface area contributed by atoms with Crippen molar-refractivity contribution in [3.05, 3.63) is 41.5 Å². The molecule has 0 amide bonds. The third-order valence-electron chi connectivity index (χ3n) is 3.52. The van der Waals surface area contributed by atoms with Crippen molar-refractivity contribution in [2.45, 2.75) is 6.92 Å². The molecule has 0 aliphatic rings. The highest BCUT2D eigenvalue weighted by molar-refractivity contribution is 5.71. The quantitative estimate of drug-likeness (QED) is 0.724. The molecule has 0 spiro atoms. The number of ether oxygens (including phenoxy) is 2. The molecule has 126 valence electrons. The topological polar surface area (TPSA) is 86.5 Å². The smallest absolute Gasteiger partial charge is 0.163 e. The first-order chi connectivity index (χ1) is 11.6. The van der Waals surface area contributed by atoms with Crippen LogP contribution in [-0.4, -0.2) is 32.5 Å². The second-order valence-electron chi connectivity index (χ2n) is 5.18. The lowest BCUT2D eigenvalue weighted by Crippen LogP contribution is -2.07.